The minimum absolute atomic E-state index is 0.0117. The van der Waals surface area contributed by atoms with E-state index < -0.39 is 0 Å². The molecule has 0 saturated carbocycles. The average Bonchev–Trinajstić information content (AvgIpc) is 3.47. The van der Waals surface area contributed by atoms with Crippen LogP contribution < -0.4 is 19.5 Å². The molecule has 0 bridgehead atoms. The molecule has 9 rings (SSSR count). The fourth-order valence-electron chi connectivity index (χ4n) is 8.69. The van der Waals surface area contributed by atoms with Crippen LogP contribution in [0, 0.1) is 15.6 Å². The fourth-order valence-corrected chi connectivity index (χ4v) is 9.08. The number of carbonyl (C=O) groups excluding carboxylic acids is 1. The molecular formula is C45H43Cl2N5O4. The van der Waals surface area contributed by atoms with E-state index in [1.54, 1.807) is 30.6 Å². The first-order valence-electron chi connectivity index (χ1n) is 19.3. The third-order valence-corrected chi connectivity index (χ3v) is 11.9. The zero-order valence-corrected chi connectivity index (χ0v) is 32.6. The van der Waals surface area contributed by atoms with Crippen LogP contribution in [-0.4, -0.2) is 37.0 Å². The van der Waals surface area contributed by atoms with E-state index in [2.05, 4.69) is 23.5 Å². The highest BCUT2D eigenvalue weighted by atomic mass is 35.5. The molecule has 1 N–H and O–H groups in total. The third-order valence-electron chi connectivity index (χ3n) is 11.4. The quantitative estimate of drug-likeness (QED) is 0.160. The number of benzene rings is 2. The van der Waals surface area contributed by atoms with E-state index in [1.807, 2.05) is 41.3 Å². The molecule has 11 heteroatoms. The average molecular weight is 789 g/mol. The largest absolute Gasteiger partial charge is 0.619 e. The van der Waals surface area contributed by atoms with Crippen LogP contribution in [0.25, 0.3) is 11.1 Å². The SMILES string of the molecule is O=C(Cc1ccc[n+]([O-])c1)N1CCC(=C2c3ccc(Cl)cc3CCc3ccc[n+]([O-])c32)CC1.[O-][n+]1cccc2c1C(=C1CCNCC1)c1ccc(Cl)cc1CC2. The molecule has 5 heterocycles. The summed E-state index contributed by atoms with van der Waals surface area (Å²) in [6, 6.07) is 23.2. The van der Waals surface area contributed by atoms with Crippen molar-refractivity contribution in [2.75, 3.05) is 26.2 Å². The Hall–Kier alpha value is -5.22. The van der Waals surface area contributed by atoms with Gasteiger partial charge in [0.05, 0.1) is 17.6 Å². The number of likely N-dealkylation sites (tertiary alicyclic amines) is 1. The van der Waals surface area contributed by atoms with E-state index in [0.29, 0.717) is 41.2 Å². The molecule has 56 heavy (non-hydrogen) atoms. The maximum atomic E-state index is 12.9. The molecule has 9 nitrogen and oxygen atoms in total. The maximum absolute atomic E-state index is 12.9. The topological polar surface area (TPSA) is 113 Å². The molecule has 2 aliphatic carbocycles. The molecular weight excluding hydrogens is 745 g/mol. The molecule has 3 aromatic heterocycles. The van der Waals surface area contributed by atoms with Gasteiger partial charge >= 0.3 is 0 Å². The monoisotopic (exact) mass is 787 g/mol. The summed E-state index contributed by atoms with van der Waals surface area (Å²) in [5.74, 6) is 0.0117. The van der Waals surface area contributed by atoms with Gasteiger partial charge in [-0.1, -0.05) is 46.5 Å². The Labute approximate surface area is 336 Å². The van der Waals surface area contributed by atoms with Gasteiger partial charge in [-0.2, -0.15) is 14.2 Å². The number of rotatable bonds is 2. The van der Waals surface area contributed by atoms with Crippen molar-refractivity contribution in [3.63, 3.8) is 0 Å². The van der Waals surface area contributed by atoms with E-state index in [9.17, 15) is 20.4 Å². The summed E-state index contributed by atoms with van der Waals surface area (Å²) < 4.78 is 2.74. The van der Waals surface area contributed by atoms with Crippen LogP contribution >= 0.6 is 23.2 Å². The molecule has 2 aromatic carbocycles. The highest BCUT2D eigenvalue weighted by Gasteiger charge is 2.31. The standard InChI is InChI=1S/C26H24ClN3O3.C19H19ClN2O/c27-22-7-8-23-21(16-22)6-5-20-4-2-12-30(33)26(20)25(23)19-9-13-28(14-10-19)24(31)15-18-3-1-11-29(32)17-18;20-16-5-6-17-15(12-16)4-3-14-2-1-11-22(23)19(14)18(17)13-7-9-21-10-8-13/h1-4,7-8,11-12,16-17H,5-6,9-10,13-15H2;1-2,5-6,11-12,21H,3-4,7-10H2. The second kappa shape index (κ2) is 16.5. The number of carbonyl (C=O) groups is 1. The van der Waals surface area contributed by atoms with Gasteiger partial charge in [0, 0.05) is 58.0 Å². The van der Waals surface area contributed by atoms with Crippen LogP contribution in [0.4, 0.5) is 0 Å². The number of halogens is 2. The van der Waals surface area contributed by atoms with Gasteiger partial charge in [-0.3, -0.25) is 4.79 Å². The van der Waals surface area contributed by atoms with Crippen LogP contribution in [-0.2, 0) is 36.9 Å². The Morgan fingerprint density at radius 2 is 1.12 bits per heavy atom. The molecule has 0 unspecified atom stereocenters. The van der Waals surface area contributed by atoms with Gasteiger partial charge in [-0.25, -0.2) is 0 Å². The van der Waals surface area contributed by atoms with Crippen LogP contribution in [0.15, 0.2) is 109 Å². The van der Waals surface area contributed by atoms with E-state index in [4.69, 9.17) is 23.2 Å². The number of pyridine rings is 3. The lowest BCUT2D eigenvalue weighted by molar-refractivity contribution is -0.608. The van der Waals surface area contributed by atoms with Gasteiger partial charge in [-0.15, -0.1) is 0 Å². The van der Waals surface area contributed by atoms with Crippen molar-refractivity contribution in [1.82, 2.24) is 10.2 Å². The Kier molecular flexibility index (Phi) is 11.1. The second-order valence-corrected chi connectivity index (χ2v) is 15.7. The van der Waals surface area contributed by atoms with Crippen LogP contribution in [0.2, 0.25) is 10.0 Å². The summed E-state index contributed by atoms with van der Waals surface area (Å²) in [6.45, 7) is 3.13. The predicted molar refractivity (Wildman–Crippen MR) is 218 cm³/mol. The number of hydrogen-bond acceptors (Lipinski definition) is 5. The van der Waals surface area contributed by atoms with Crippen molar-refractivity contribution in [3.8, 4) is 0 Å². The summed E-state index contributed by atoms with van der Waals surface area (Å²) in [5.41, 5.74) is 13.8. The second-order valence-electron chi connectivity index (χ2n) is 14.9. The van der Waals surface area contributed by atoms with E-state index in [1.165, 1.54) is 34.7 Å². The zero-order chi connectivity index (χ0) is 38.8. The molecule has 2 fully saturated rings. The summed E-state index contributed by atoms with van der Waals surface area (Å²) >= 11 is 12.5. The van der Waals surface area contributed by atoms with Gasteiger partial charge < -0.3 is 25.8 Å². The molecule has 0 spiro atoms. The third kappa shape index (κ3) is 7.89. The highest BCUT2D eigenvalue weighted by molar-refractivity contribution is 6.31. The van der Waals surface area contributed by atoms with Gasteiger partial charge in [0.25, 0.3) is 0 Å². The summed E-state index contributed by atoms with van der Waals surface area (Å²) in [5, 5.41) is 41.9. The molecule has 2 saturated heterocycles. The predicted octanol–water partition coefficient (Wildman–Crippen LogP) is 6.63. The molecule has 0 radical (unpaired) electrons. The minimum atomic E-state index is 0.0117. The van der Waals surface area contributed by atoms with Crippen molar-refractivity contribution in [1.29, 1.82) is 0 Å². The van der Waals surface area contributed by atoms with Crippen molar-refractivity contribution in [2.45, 2.75) is 57.8 Å². The number of fused-ring (bicyclic) bond motifs is 4. The number of hydrogen-bond donors (Lipinski definition) is 1. The number of nitrogens with one attached hydrogen (secondary N) is 1. The molecule has 1 amide bonds. The zero-order valence-electron chi connectivity index (χ0n) is 31.1. The van der Waals surface area contributed by atoms with Crippen LogP contribution in [0.3, 0.4) is 0 Å². The molecule has 286 valence electrons. The van der Waals surface area contributed by atoms with E-state index >= 15 is 0 Å². The van der Waals surface area contributed by atoms with E-state index in [-0.39, 0.29) is 12.3 Å². The molecule has 2 aliphatic heterocycles. The Morgan fingerprint density at radius 1 is 0.625 bits per heavy atom. The number of aromatic nitrogens is 3. The summed E-state index contributed by atoms with van der Waals surface area (Å²) in [7, 11) is 0. The van der Waals surface area contributed by atoms with Gasteiger partial charge in [0.2, 0.25) is 17.3 Å². The molecule has 4 aliphatic rings. The first-order valence-corrected chi connectivity index (χ1v) is 20.1. The number of piperidine rings is 2. The number of nitrogens with zero attached hydrogens (tertiary/aromatic N) is 4. The lowest BCUT2D eigenvalue weighted by Gasteiger charge is -2.30. The van der Waals surface area contributed by atoms with Crippen LogP contribution in [0.1, 0.15) is 76.0 Å². The van der Waals surface area contributed by atoms with Gasteiger partial charge in [-0.05, 0) is 129 Å². The van der Waals surface area contributed by atoms with Crippen molar-refractivity contribution < 1.29 is 19.0 Å². The lowest BCUT2D eigenvalue weighted by atomic mass is 9.88. The summed E-state index contributed by atoms with van der Waals surface area (Å²) in [6.07, 6.45) is 13.0. The number of aryl methyl sites for hydroxylation is 4. The highest BCUT2D eigenvalue weighted by Crippen LogP contribution is 2.39. The first kappa shape index (κ1) is 37.7. The fraction of sp³-hybridized carbons (Fsp3) is 0.289. The van der Waals surface area contributed by atoms with Crippen molar-refractivity contribution in [2.24, 2.45) is 0 Å². The Bertz CT molecular complexity index is 2370. The summed E-state index contributed by atoms with van der Waals surface area (Å²) in [4.78, 5) is 14.7. The van der Waals surface area contributed by atoms with Gasteiger partial charge in [0.1, 0.15) is 0 Å². The maximum Gasteiger partial charge on any atom is 0.227 e. The molecule has 0 atom stereocenters. The number of amides is 1. The Morgan fingerprint density at radius 3 is 1.66 bits per heavy atom. The van der Waals surface area contributed by atoms with Gasteiger partial charge in [0.15, 0.2) is 24.8 Å². The first-order chi connectivity index (χ1) is 27.2. The normalized spacial score (nSPS) is 16.4. The lowest BCUT2D eigenvalue weighted by Crippen LogP contribution is -2.38. The smallest absolute Gasteiger partial charge is 0.227 e. The van der Waals surface area contributed by atoms with Crippen molar-refractivity contribution in [3.05, 3.63) is 185 Å². The van der Waals surface area contributed by atoms with Crippen molar-refractivity contribution >= 4 is 40.3 Å². The molecule has 5 aromatic rings. The Balaban J connectivity index is 0.000000168. The minimum Gasteiger partial charge on any atom is -0.619 e. The van der Waals surface area contributed by atoms with E-state index in [0.717, 1.165) is 111 Å². The van der Waals surface area contributed by atoms with Crippen LogP contribution in [0.5, 0.6) is 0 Å².